The number of carbonyl (C=O) groups excluding carboxylic acids is 1. The molecule has 1 heterocycles. The van der Waals surface area contributed by atoms with Crippen LogP contribution in [0.15, 0.2) is 0 Å². The second-order valence-corrected chi connectivity index (χ2v) is 4.44. The van der Waals surface area contributed by atoms with Crippen LogP contribution in [0.2, 0.25) is 0 Å². The number of hydrogen-bond acceptors (Lipinski definition) is 2. The Bertz CT molecular complexity index is 205. The van der Waals surface area contributed by atoms with Crippen molar-refractivity contribution in [3.63, 3.8) is 0 Å². The minimum Gasteiger partial charge on any atom is -0.381 e. The van der Waals surface area contributed by atoms with E-state index in [1.54, 1.807) is 0 Å². The quantitative estimate of drug-likeness (QED) is 0.695. The van der Waals surface area contributed by atoms with Crippen molar-refractivity contribution in [2.75, 3.05) is 13.2 Å². The van der Waals surface area contributed by atoms with Gasteiger partial charge in [-0.15, -0.1) is 0 Å². The average molecular weight is 183 g/mol. The lowest BCUT2D eigenvalue weighted by molar-refractivity contribution is -0.125. The Kier molecular flexibility index (Phi) is 2.28. The lowest BCUT2D eigenvalue weighted by atomic mass is 9.92. The van der Waals surface area contributed by atoms with Gasteiger partial charge < -0.3 is 10.1 Å². The Morgan fingerprint density at radius 2 is 2.00 bits per heavy atom. The Balaban J connectivity index is 1.86. The highest BCUT2D eigenvalue weighted by Gasteiger charge is 2.35. The van der Waals surface area contributed by atoms with Crippen molar-refractivity contribution in [3.05, 3.63) is 0 Å². The zero-order chi connectivity index (χ0) is 9.31. The van der Waals surface area contributed by atoms with Crippen molar-refractivity contribution >= 4 is 5.91 Å². The van der Waals surface area contributed by atoms with Gasteiger partial charge in [-0.05, 0) is 32.6 Å². The van der Waals surface area contributed by atoms with E-state index in [4.69, 9.17) is 4.74 Å². The second kappa shape index (κ2) is 3.29. The molecule has 74 valence electrons. The predicted molar refractivity (Wildman–Crippen MR) is 49.3 cm³/mol. The third kappa shape index (κ3) is 2.21. The molecule has 0 unspecified atom stereocenters. The van der Waals surface area contributed by atoms with Crippen LogP contribution in [0.4, 0.5) is 0 Å². The fourth-order valence-corrected chi connectivity index (χ4v) is 1.69. The van der Waals surface area contributed by atoms with Gasteiger partial charge >= 0.3 is 0 Å². The second-order valence-electron chi connectivity index (χ2n) is 4.44. The highest BCUT2D eigenvalue weighted by molar-refractivity contribution is 5.81. The van der Waals surface area contributed by atoms with Crippen LogP contribution in [-0.2, 0) is 9.53 Å². The summed E-state index contributed by atoms with van der Waals surface area (Å²) in [6.45, 7) is 3.68. The minimum absolute atomic E-state index is 0.00206. The number of nitrogens with one attached hydrogen (secondary N) is 1. The molecule has 0 atom stereocenters. The first-order valence-corrected chi connectivity index (χ1v) is 5.09. The van der Waals surface area contributed by atoms with Crippen molar-refractivity contribution in [1.29, 1.82) is 0 Å². The molecule has 0 radical (unpaired) electrons. The van der Waals surface area contributed by atoms with Crippen molar-refractivity contribution < 1.29 is 9.53 Å². The molecule has 1 amide bonds. The maximum Gasteiger partial charge on any atom is 0.223 e. The Morgan fingerprint density at radius 3 is 2.54 bits per heavy atom. The van der Waals surface area contributed by atoms with Gasteiger partial charge in [0.05, 0.1) is 0 Å². The third-order valence-electron chi connectivity index (χ3n) is 2.97. The topological polar surface area (TPSA) is 38.3 Å². The van der Waals surface area contributed by atoms with E-state index >= 15 is 0 Å². The summed E-state index contributed by atoms with van der Waals surface area (Å²) in [4.78, 5) is 11.5. The van der Waals surface area contributed by atoms with E-state index in [0.29, 0.717) is 5.92 Å². The molecule has 2 fully saturated rings. The number of carbonyl (C=O) groups is 1. The Morgan fingerprint density at radius 1 is 1.38 bits per heavy atom. The molecule has 0 aromatic carbocycles. The van der Waals surface area contributed by atoms with E-state index in [2.05, 4.69) is 12.2 Å². The molecule has 13 heavy (non-hydrogen) atoms. The predicted octanol–water partition coefficient (Wildman–Crippen LogP) is 1.08. The molecule has 0 spiro atoms. The van der Waals surface area contributed by atoms with Crippen LogP contribution in [0.25, 0.3) is 0 Å². The Hall–Kier alpha value is -0.570. The molecule has 1 saturated carbocycles. The summed E-state index contributed by atoms with van der Waals surface area (Å²) in [5.41, 5.74) is -0.00206. The highest BCUT2D eigenvalue weighted by atomic mass is 16.5. The largest absolute Gasteiger partial charge is 0.381 e. The molecule has 0 aromatic heterocycles. The molecule has 2 aliphatic rings. The summed E-state index contributed by atoms with van der Waals surface area (Å²) in [5.74, 6) is 0.573. The number of hydrogen-bond donors (Lipinski definition) is 1. The standard InChI is InChI=1S/C10H17NO2/c1-10(4-6-13-7-5-10)11-9(12)8-2-3-8/h8H,2-7H2,1H3,(H,11,12). The zero-order valence-electron chi connectivity index (χ0n) is 8.14. The lowest BCUT2D eigenvalue weighted by Crippen LogP contribution is -2.50. The van der Waals surface area contributed by atoms with E-state index < -0.39 is 0 Å². The number of amides is 1. The summed E-state index contributed by atoms with van der Waals surface area (Å²) in [6.07, 6.45) is 4.06. The van der Waals surface area contributed by atoms with Gasteiger partial charge in [-0.1, -0.05) is 0 Å². The van der Waals surface area contributed by atoms with Gasteiger partial charge in [0.1, 0.15) is 0 Å². The van der Waals surface area contributed by atoms with E-state index in [0.717, 1.165) is 38.9 Å². The monoisotopic (exact) mass is 183 g/mol. The van der Waals surface area contributed by atoms with E-state index in [9.17, 15) is 4.79 Å². The number of rotatable bonds is 2. The van der Waals surface area contributed by atoms with Crippen LogP contribution in [0.5, 0.6) is 0 Å². The third-order valence-corrected chi connectivity index (χ3v) is 2.97. The van der Waals surface area contributed by atoms with Crippen molar-refractivity contribution in [2.24, 2.45) is 5.92 Å². The number of ether oxygens (including phenoxy) is 1. The fraction of sp³-hybridized carbons (Fsp3) is 0.900. The molecular weight excluding hydrogens is 166 g/mol. The van der Waals surface area contributed by atoms with Crippen LogP contribution in [-0.4, -0.2) is 24.7 Å². The molecule has 1 aliphatic carbocycles. The highest BCUT2D eigenvalue weighted by Crippen LogP contribution is 2.30. The lowest BCUT2D eigenvalue weighted by Gasteiger charge is -2.34. The SMILES string of the molecule is CC1(NC(=O)C2CC2)CCOCC1. The van der Waals surface area contributed by atoms with Crippen LogP contribution in [0, 0.1) is 5.92 Å². The van der Waals surface area contributed by atoms with Crippen molar-refractivity contribution in [2.45, 2.75) is 38.1 Å². The van der Waals surface area contributed by atoms with E-state index in [1.807, 2.05) is 0 Å². The first-order valence-electron chi connectivity index (χ1n) is 5.09. The summed E-state index contributed by atoms with van der Waals surface area (Å²) in [6, 6.07) is 0. The summed E-state index contributed by atoms with van der Waals surface area (Å²) < 4.78 is 5.27. The Labute approximate surface area is 78.8 Å². The minimum atomic E-state index is -0.00206. The van der Waals surface area contributed by atoms with Crippen molar-refractivity contribution in [3.8, 4) is 0 Å². The van der Waals surface area contributed by atoms with Gasteiger partial charge in [-0.25, -0.2) is 0 Å². The van der Waals surface area contributed by atoms with Crippen LogP contribution >= 0.6 is 0 Å². The maximum absolute atomic E-state index is 11.5. The van der Waals surface area contributed by atoms with Gasteiger partial charge in [0, 0.05) is 24.7 Å². The van der Waals surface area contributed by atoms with Crippen LogP contribution in [0.3, 0.4) is 0 Å². The van der Waals surface area contributed by atoms with E-state index in [-0.39, 0.29) is 11.4 Å². The van der Waals surface area contributed by atoms with Crippen molar-refractivity contribution in [1.82, 2.24) is 5.32 Å². The molecule has 3 nitrogen and oxygen atoms in total. The van der Waals surface area contributed by atoms with Crippen LogP contribution in [0.1, 0.15) is 32.6 Å². The van der Waals surface area contributed by atoms with Gasteiger partial charge in [0.2, 0.25) is 5.91 Å². The molecule has 3 heteroatoms. The average Bonchev–Trinajstić information content (AvgIpc) is 2.86. The molecule has 0 aromatic rings. The summed E-state index contributed by atoms with van der Waals surface area (Å²) in [5, 5.41) is 3.14. The molecule has 2 rings (SSSR count). The van der Waals surface area contributed by atoms with Crippen LogP contribution < -0.4 is 5.32 Å². The first-order chi connectivity index (χ1) is 6.20. The van der Waals surface area contributed by atoms with E-state index in [1.165, 1.54) is 0 Å². The maximum atomic E-state index is 11.5. The first kappa shape index (κ1) is 9.00. The molecule has 1 saturated heterocycles. The normalized spacial score (nSPS) is 26.8. The van der Waals surface area contributed by atoms with Gasteiger partial charge in [-0.2, -0.15) is 0 Å². The molecule has 1 N–H and O–H groups in total. The van der Waals surface area contributed by atoms with Gasteiger partial charge in [0.15, 0.2) is 0 Å². The zero-order valence-corrected chi connectivity index (χ0v) is 8.14. The van der Waals surface area contributed by atoms with Gasteiger partial charge in [0.25, 0.3) is 0 Å². The molecule has 0 bridgehead atoms. The van der Waals surface area contributed by atoms with Gasteiger partial charge in [-0.3, -0.25) is 4.79 Å². The molecule has 1 aliphatic heterocycles. The smallest absolute Gasteiger partial charge is 0.223 e. The fourth-order valence-electron chi connectivity index (χ4n) is 1.69. The summed E-state index contributed by atoms with van der Waals surface area (Å²) >= 11 is 0. The summed E-state index contributed by atoms with van der Waals surface area (Å²) in [7, 11) is 0. The molecular formula is C10H17NO2.